The van der Waals surface area contributed by atoms with Crippen molar-refractivity contribution < 1.29 is 23.8 Å². The number of hydrogen-bond acceptors (Lipinski definition) is 5. The Morgan fingerprint density at radius 3 is 2.66 bits per heavy atom. The van der Waals surface area contributed by atoms with Crippen molar-refractivity contribution in [3.8, 4) is 11.5 Å². The van der Waals surface area contributed by atoms with Gasteiger partial charge in [-0.1, -0.05) is 18.2 Å². The Labute approximate surface area is 188 Å². The number of amides is 2. The predicted octanol–water partition coefficient (Wildman–Crippen LogP) is 3.26. The van der Waals surface area contributed by atoms with Gasteiger partial charge in [0, 0.05) is 18.8 Å². The van der Waals surface area contributed by atoms with Gasteiger partial charge in [-0.25, -0.2) is 0 Å². The van der Waals surface area contributed by atoms with Gasteiger partial charge in [0.05, 0.1) is 19.1 Å². The summed E-state index contributed by atoms with van der Waals surface area (Å²) in [6, 6.07) is 11.3. The van der Waals surface area contributed by atoms with Gasteiger partial charge in [-0.15, -0.1) is 0 Å². The van der Waals surface area contributed by atoms with E-state index in [1.54, 1.807) is 4.90 Å². The lowest BCUT2D eigenvalue weighted by atomic mass is 10.1. The molecule has 0 aromatic heterocycles. The summed E-state index contributed by atoms with van der Waals surface area (Å²) in [6.45, 7) is 6.08. The standard InChI is InChI=1S/C25H30N2O5/c1-17-5-3-7-21(18(17)2)26-24(28)16-27(15-20-6-4-10-30-20)25(29)14-19-8-9-22-23(13-19)32-12-11-31-22/h3,5,7-9,13,20H,4,6,10-12,14-16H2,1-2H3,(H,26,28)/t20-/m0/s1. The third kappa shape index (κ3) is 5.40. The van der Waals surface area contributed by atoms with Crippen molar-refractivity contribution in [1.29, 1.82) is 0 Å². The van der Waals surface area contributed by atoms with Crippen molar-refractivity contribution in [3.05, 3.63) is 53.1 Å². The molecule has 0 radical (unpaired) electrons. The number of carbonyl (C=O) groups is 2. The first-order chi connectivity index (χ1) is 15.5. The average Bonchev–Trinajstić information content (AvgIpc) is 3.29. The zero-order valence-corrected chi connectivity index (χ0v) is 18.7. The number of hydrogen-bond donors (Lipinski definition) is 1. The molecule has 2 aromatic rings. The summed E-state index contributed by atoms with van der Waals surface area (Å²) in [7, 11) is 0. The van der Waals surface area contributed by atoms with Gasteiger partial charge in [-0.3, -0.25) is 9.59 Å². The Hall–Kier alpha value is -3.06. The maximum absolute atomic E-state index is 13.2. The molecule has 2 aromatic carbocycles. The summed E-state index contributed by atoms with van der Waals surface area (Å²) in [5.41, 5.74) is 3.72. The lowest BCUT2D eigenvalue weighted by Gasteiger charge is -2.26. The van der Waals surface area contributed by atoms with E-state index in [-0.39, 0.29) is 30.9 Å². The number of nitrogens with one attached hydrogen (secondary N) is 1. The molecule has 2 aliphatic rings. The summed E-state index contributed by atoms with van der Waals surface area (Å²) in [6.07, 6.45) is 2.02. The van der Waals surface area contributed by atoms with Gasteiger partial charge in [0.15, 0.2) is 11.5 Å². The van der Waals surface area contributed by atoms with Crippen molar-refractivity contribution in [2.24, 2.45) is 0 Å². The molecule has 1 fully saturated rings. The fourth-order valence-corrected chi connectivity index (χ4v) is 4.02. The zero-order valence-electron chi connectivity index (χ0n) is 18.7. The maximum Gasteiger partial charge on any atom is 0.244 e. The van der Waals surface area contributed by atoms with Gasteiger partial charge in [0.2, 0.25) is 11.8 Å². The van der Waals surface area contributed by atoms with Crippen LogP contribution >= 0.6 is 0 Å². The molecule has 1 atom stereocenters. The van der Waals surface area contributed by atoms with Gasteiger partial charge >= 0.3 is 0 Å². The third-order valence-electron chi connectivity index (χ3n) is 5.98. The quantitative estimate of drug-likeness (QED) is 0.718. The molecule has 2 amide bonds. The molecule has 7 nitrogen and oxygen atoms in total. The molecule has 0 bridgehead atoms. The average molecular weight is 439 g/mol. The van der Waals surface area contributed by atoms with Crippen LogP contribution in [0.25, 0.3) is 0 Å². The second-order valence-electron chi connectivity index (χ2n) is 8.36. The van der Waals surface area contributed by atoms with E-state index >= 15 is 0 Å². The summed E-state index contributed by atoms with van der Waals surface area (Å²) in [4.78, 5) is 27.6. The summed E-state index contributed by atoms with van der Waals surface area (Å²) >= 11 is 0. The Morgan fingerprint density at radius 2 is 1.88 bits per heavy atom. The van der Waals surface area contributed by atoms with Crippen LogP contribution in [0.2, 0.25) is 0 Å². The van der Waals surface area contributed by atoms with Crippen LogP contribution in [0.5, 0.6) is 11.5 Å². The number of benzene rings is 2. The van der Waals surface area contributed by atoms with Gasteiger partial charge in [0.1, 0.15) is 13.2 Å². The molecule has 170 valence electrons. The van der Waals surface area contributed by atoms with E-state index in [1.807, 2.05) is 50.2 Å². The molecule has 7 heteroatoms. The molecule has 2 aliphatic heterocycles. The fourth-order valence-electron chi connectivity index (χ4n) is 4.02. The molecular formula is C25H30N2O5. The molecule has 0 aliphatic carbocycles. The summed E-state index contributed by atoms with van der Waals surface area (Å²) < 4.78 is 16.9. The first kappa shape index (κ1) is 22.1. The molecule has 0 spiro atoms. The topological polar surface area (TPSA) is 77.1 Å². The van der Waals surface area contributed by atoms with Crippen LogP contribution in [0.15, 0.2) is 36.4 Å². The van der Waals surface area contributed by atoms with Crippen molar-refractivity contribution in [2.45, 2.75) is 39.2 Å². The normalized spacial score (nSPS) is 17.1. The minimum atomic E-state index is -0.216. The van der Waals surface area contributed by atoms with Crippen molar-refractivity contribution in [1.82, 2.24) is 4.90 Å². The monoisotopic (exact) mass is 438 g/mol. The second-order valence-corrected chi connectivity index (χ2v) is 8.36. The second kappa shape index (κ2) is 10.0. The molecule has 0 saturated carbocycles. The van der Waals surface area contributed by atoms with Gasteiger partial charge in [0.25, 0.3) is 0 Å². The highest BCUT2D eigenvalue weighted by Crippen LogP contribution is 2.31. The Balaban J connectivity index is 1.45. The van der Waals surface area contributed by atoms with E-state index < -0.39 is 0 Å². The predicted molar refractivity (Wildman–Crippen MR) is 121 cm³/mol. The van der Waals surface area contributed by atoms with Crippen LogP contribution in [0.4, 0.5) is 5.69 Å². The molecular weight excluding hydrogens is 408 g/mol. The number of carbonyl (C=O) groups excluding carboxylic acids is 2. The van der Waals surface area contributed by atoms with Crippen LogP contribution in [-0.4, -0.2) is 55.7 Å². The highest BCUT2D eigenvalue weighted by Gasteiger charge is 2.25. The van der Waals surface area contributed by atoms with E-state index in [4.69, 9.17) is 14.2 Å². The van der Waals surface area contributed by atoms with E-state index in [0.29, 0.717) is 37.9 Å². The van der Waals surface area contributed by atoms with E-state index in [9.17, 15) is 9.59 Å². The number of aryl methyl sites for hydroxylation is 1. The molecule has 32 heavy (non-hydrogen) atoms. The van der Waals surface area contributed by atoms with Crippen molar-refractivity contribution in [2.75, 3.05) is 38.2 Å². The van der Waals surface area contributed by atoms with Crippen LogP contribution in [0, 0.1) is 13.8 Å². The minimum Gasteiger partial charge on any atom is -0.486 e. The summed E-state index contributed by atoms with van der Waals surface area (Å²) in [5, 5.41) is 2.96. The first-order valence-electron chi connectivity index (χ1n) is 11.1. The van der Waals surface area contributed by atoms with E-state index in [1.165, 1.54) is 0 Å². The molecule has 1 saturated heterocycles. The van der Waals surface area contributed by atoms with Gasteiger partial charge in [-0.2, -0.15) is 0 Å². The Bertz CT molecular complexity index is 984. The van der Waals surface area contributed by atoms with Crippen LogP contribution in [-0.2, 0) is 20.7 Å². The fraction of sp³-hybridized carbons (Fsp3) is 0.440. The minimum absolute atomic E-state index is 0.0172. The smallest absolute Gasteiger partial charge is 0.244 e. The lowest BCUT2D eigenvalue weighted by molar-refractivity contribution is -0.135. The van der Waals surface area contributed by atoms with Crippen molar-refractivity contribution >= 4 is 17.5 Å². The molecule has 2 heterocycles. The molecule has 1 N–H and O–H groups in total. The number of nitrogens with zero attached hydrogens (tertiary/aromatic N) is 1. The van der Waals surface area contributed by atoms with Crippen LogP contribution in [0.1, 0.15) is 29.5 Å². The number of anilines is 1. The van der Waals surface area contributed by atoms with Gasteiger partial charge in [-0.05, 0) is 61.6 Å². The van der Waals surface area contributed by atoms with E-state index in [0.717, 1.165) is 35.2 Å². The largest absolute Gasteiger partial charge is 0.486 e. The maximum atomic E-state index is 13.2. The number of ether oxygens (including phenoxy) is 3. The molecule has 4 rings (SSSR count). The third-order valence-corrected chi connectivity index (χ3v) is 5.98. The lowest BCUT2D eigenvalue weighted by Crippen LogP contribution is -2.43. The van der Waals surface area contributed by atoms with E-state index in [2.05, 4.69) is 5.32 Å². The Morgan fingerprint density at radius 1 is 1.06 bits per heavy atom. The van der Waals surface area contributed by atoms with Gasteiger partial charge < -0.3 is 24.4 Å². The SMILES string of the molecule is Cc1cccc(NC(=O)CN(C[C@@H]2CCCO2)C(=O)Cc2ccc3c(c2)OCCO3)c1C. The highest BCUT2D eigenvalue weighted by atomic mass is 16.6. The first-order valence-corrected chi connectivity index (χ1v) is 11.1. The summed E-state index contributed by atoms with van der Waals surface area (Å²) in [5.74, 6) is 1.01. The highest BCUT2D eigenvalue weighted by molar-refractivity contribution is 5.95. The zero-order chi connectivity index (χ0) is 22.5. The van der Waals surface area contributed by atoms with Crippen LogP contribution < -0.4 is 14.8 Å². The number of rotatable bonds is 7. The van der Waals surface area contributed by atoms with Crippen LogP contribution in [0.3, 0.4) is 0 Å². The Kier molecular flexibility index (Phi) is 6.95. The number of fused-ring (bicyclic) bond motifs is 1. The van der Waals surface area contributed by atoms with Crippen molar-refractivity contribution in [3.63, 3.8) is 0 Å². The molecule has 0 unspecified atom stereocenters.